The molecule has 1 N–H and O–H groups in total. The van der Waals surface area contributed by atoms with Gasteiger partial charge in [0, 0.05) is 0 Å². The molecule has 0 unspecified atom stereocenters. The molecule has 2 aromatic rings. The number of benzene rings is 2. The number of carbonyl (C=O) groups is 1. The van der Waals surface area contributed by atoms with Gasteiger partial charge >= 0.3 is 0 Å². The van der Waals surface area contributed by atoms with Gasteiger partial charge in [-0.05, 0) is 35.2 Å². The van der Waals surface area contributed by atoms with Gasteiger partial charge in [-0.25, -0.2) is 0 Å². The zero-order valence-electron chi connectivity index (χ0n) is 16.1. The van der Waals surface area contributed by atoms with E-state index in [0.717, 1.165) is 5.56 Å². The second-order valence-corrected chi connectivity index (χ2v) is 6.96. The van der Waals surface area contributed by atoms with Gasteiger partial charge in [-0.15, -0.1) is 0 Å². The van der Waals surface area contributed by atoms with E-state index in [2.05, 4.69) is 26.1 Å². The topological polar surface area (TPSA) is 56.8 Å². The molecule has 26 heavy (non-hydrogen) atoms. The van der Waals surface area contributed by atoms with Crippen molar-refractivity contribution in [3.05, 3.63) is 48.0 Å². The predicted molar refractivity (Wildman–Crippen MR) is 103 cm³/mol. The second kappa shape index (κ2) is 8.61. The number of carbonyl (C=O) groups excluding carboxylic acids is 1. The molecular weight excluding hydrogens is 330 g/mol. The average Bonchev–Trinajstić information content (AvgIpc) is 2.61. The molecule has 0 spiro atoms. The van der Waals surface area contributed by atoms with Crippen LogP contribution in [0.3, 0.4) is 0 Å². The Morgan fingerprint density at radius 2 is 1.62 bits per heavy atom. The number of hydrogen-bond acceptors (Lipinski definition) is 4. The molecule has 0 radical (unpaired) electrons. The molecule has 5 heteroatoms. The fraction of sp³-hybridized carbons (Fsp3) is 0.381. The number of hydrogen-bond donors (Lipinski definition) is 1. The molecule has 0 bridgehead atoms. The first-order valence-electron chi connectivity index (χ1n) is 8.59. The standard InChI is InChI=1S/C21H27NO4/c1-21(2,3)15-10-11-17(24-4)16(14-15)22-20(23)12-13-26-19-9-7-6-8-18(19)25-5/h6-11,14H,12-13H2,1-5H3,(H,22,23). The van der Waals surface area contributed by atoms with Gasteiger partial charge in [0.05, 0.1) is 32.9 Å². The molecule has 0 saturated heterocycles. The summed E-state index contributed by atoms with van der Waals surface area (Å²) in [6, 6.07) is 13.2. The molecule has 0 aliphatic carbocycles. The number of ether oxygens (including phenoxy) is 3. The highest BCUT2D eigenvalue weighted by molar-refractivity contribution is 5.92. The first kappa shape index (κ1) is 19.6. The van der Waals surface area contributed by atoms with Crippen LogP contribution in [-0.2, 0) is 10.2 Å². The minimum absolute atomic E-state index is 0.0152. The Kier molecular flexibility index (Phi) is 6.50. The Hall–Kier alpha value is -2.69. The van der Waals surface area contributed by atoms with E-state index in [1.54, 1.807) is 14.2 Å². The molecule has 0 atom stereocenters. The lowest BCUT2D eigenvalue weighted by Gasteiger charge is -2.21. The summed E-state index contributed by atoms with van der Waals surface area (Å²) in [5, 5.41) is 2.91. The van der Waals surface area contributed by atoms with E-state index >= 15 is 0 Å². The van der Waals surface area contributed by atoms with Crippen molar-refractivity contribution >= 4 is 11.6 Å². The van der Waals surface area contributed by atoms with Gasteiger partial charge in [-0.3, -0.25) is 4.79 Å². The van der Waals surface area contributed by atoms with Gasteiger partial charge in [-0.2, -0.15) is 0 Å². The normalized spacial score (nSPS) is 11.0. The van der Waals surface area contributed by atoms with Crippen molar-refractivity contribution in [1.82, 2.24) is 0 Å². The number of para-hydroxylation sites is 2. The van der Waals surface area contributed by atoms with Crippen LogP contribution in [0.1, 0.15) is 32.8 Å². The monoisotopic (exact) mass is 357 g/mol. The summed E-state index contributed by atoms with van der Waals surface area (Å²) in [5.74, 6) is 1.77. The number of methoxy groups -OCH3 is 2. The van der Waals surface area contributed by atoms with Crippen molar-refractivity contribution in [2.75, 3.05) is 26.1 Å². The molecule has 0 heterocycles. The van der Waals surface area contributed by atoms with Gasteiger partial charge in [0.1, 0.15) is 5.75 Å². The van der Waals surface area contributed by atoms with Crippen LogP contribution >= 0.6 is 0 Å². The maximum absolute atomic E-state index is 12.3. The SMILES string of the molecule is COc1ccc(C(C)(C)C)cc1NC(=O)CCOc1ccccc1OC. The maximum Gasteiger partial charge on any atom is 0.227 e. The lowest BCUT2D eigenvalue weighted by atomic mass is 9.87. The summed E-state index contributed by atoms with van der Waals surface area (Å²) in [7, 11) is 3.18. The van der Waals surface area contributed by atoms with Crippen molar-refractivity contribution in [2.45, 2.75) is 32.6 Å². The van der Waals surface area contributed by atoms with E-state index in [0.29, 0.717) is 22.9 Å². The first-order chi connectivity index (χ1) is 12.3. The Bertz CT molecular complexity index is 750. The van der Waals surface area contributed by atoms with Gasteiger partial charge in [0.15, 0.2) is 11.5 Å². The number of nitrogens with one attached hydrogen (secondary N) is 1. The van der Waals surface area contributed by atoms with Crippen LogP contribution in [0.25, 0.3) is 0 Å². The smallest absolute Gasteiger partial charge is 0.227 e. The maximum atomic E-state index is 12.3. The zero-order valence-corrected chi connectivity index (χ0v) is 16.1. The lowest BCUT2D eigenvalue weighted by molar-refractivity contribution is -0.116. The van der Waals surface area contributed by atoms with Gasteiger partial charge in [0.25, 0.3) is 0 Å². The third-order valence-electron chi connectivity index (χ3n) is 4.00. The highest BCUT2D eigenvalue weighted by Crippen LogP contribution is 2.31. The number of anilines is 1. The molecule has 0 aromatic heterocycles. The van der Waals surface area contributed by atoms with Crippen LogP contribution in [-0.4, -0.2) is 26.7 Å². The van der Waals surface area contributed by atoms with E-state index in [4.69, 9.17) is 14.2 Å². The minimum Gasteiger partial charge on any atom is -0.495 e. The van der Waals surface area contributed by atoms with E-state index < -0.39 is 0 Å². The fourth-order valence-electron chi connectivity index (χ4n) is 2.48. The summed E-state index contributed by atoms with van der Waals surface area (Å²) < 4.78 is 16.2. The van der Waals surface area contributed by atoms with Crippen molar-refractivity contribution in [3.8, 4) is 17.2 Å². The molecule has 140 valence electrons. The van der Waals surface area contributed by atoms with Crippen LogP contribution in [0, 0.1) is 0 Å². The van der Waals surface area contributed by atoms with Crippen molar-refractivity contribution < 1.29 is 19.0 Å². The molecule has 2 aromatic carbocycles. The summed E-state index contributed by atoms with van der Waals surface area (Å²) in [6.45, 7) is 6.64. The molecular formula is C21H27NO4. The van der Waals surface area contributed by atoms with Crippen molar-refractivity contribution in [1.29, 1.82) is 0 Å². The van der Waals surface area contributed by atoms with E-state index in [9.17, 15) is 4.79 Å². The zero-order chi connectivity index (χ0) is 19.2. The van der Waals surface area contributed by atoms with Crippen LogP contribution in [0.5, 0.6) is 17.2 Å². The van der Waals surface area contributed by atoms with Crippen molar-refractivity contribution in [3.63, 3.8) is 0 Å². The fourth-order valence-corrected chi connectivity index (χ4v) is 2.48. The highest BCUT2D eigenvalue weighted by Gasteiger charge is 2.17. The Morgan fingerprint density at radius 3 is 2.23 bits per heavy atom. The van der Waals surface area contributed by atoms with Crippen LogP contribution < -0.4 is 19.5 Å². The van der Waals surface area contributed by atoms with Gasteiger partial charge in [-0.1, -0.05) is 39.0 Å². The number of amides is 1. The lowest BCUT2D eigenvalue weighted by Crippen LogP contribution is -2.17. The predicted octanol–water partition coefficient (Wildman–Crippen LogP) is 4.41. The van der Waals surface area contributed by atoms with E-state index in [-0.39, 0.29) is 24.3 Å². The number of rotatable bonds is 7. The molecule has 5 nitrogen and oxygen atoms in total. The first-order valence-corrected chi connectivity index (χ1v) is 8.59. The molecule has 0 fully saturated rings. The molecule has 0 aliphatic heterocycles. The Morgan fingerprint density at radius 1 is 0.962 bits per heavy atom. The molecule has 0 aliphatic rings. The van der Waals surface area contributed by atoms with Crippen LogP contribution in [0.2, 0.25) is 0 Å². The minimum atomic E-state index is -0.135. The summed E-state index contributed by atoms with van der Waals surface area (Å²) >= 11 is 0. The van der Waals surface area contributed by atoms with Crippen LogP contribution in [0.4, 0.5) is 5.69 Å². The summed E-state index contributed by atoms with van der Waals surface area (Å²) in [5.41, 5.74) is 1.78. The molecule has 0 saturated carbocycles. The second-order valence-electron chi connectivity index (χ2n) is 6.96. The quantitative estimate of drug-likeness (QED) is 0.797. The average molecular weight is 357 g/mol. The van der Waals surface area contributed by atoms with Gasteiger partial charge < -0.3 is 19.5 Å². The third kappa shape index (κ3) is 5.15. The highest BCUT2D eigenvalue weighted by atomic mass is 16.5. The van der Waals surface area contributed by atoms with E-state index in [1.165, 1.54) is 0 Å². The molecule has 2 rings (SSSR count). The molecule has 1 amide bonds. The van der Waals surface area contributed by atoms with Gasteiger partial charge in [0.2, 0.25) is 5.91 Å². The van der Waals surface area contributed by atoms with E-state index in [1.807, 2.05) is 42.5 Å². The largest absolute Gasteiger partial charge is 0.495 e. The van der Waals surface area contributed by atoms with Crippen LogP contribution in [0.15, 0.2) is 42.5 Å². The Balaban J connectivity index is 1.99. The summed E-state index contributed by atoms with van der Waals surface area (Å²) in [4.78, 5) is 12.3. The van der Waals surface area contributed by atoms with Crippen molar-refractivity contribution in [2.24, 2.45) is 0 Å². The third-order valence-corrected chi connectivity index (χ3v) is 4.00. The summed E-state index contributed by atoms with van der Waals surface area (Å²) in [6.07, 6.45) is 0.223. The Labute approximate surface area is 155 Å².